The van der Waals surface area contributed by atoms with Crippen molar-refractivity contribution in [2.75, 3.05) is 13.1 Å². The number of Topliss-reactive ketones (excluding diaryl/α,β-unsaturated/α-hetero) is 1. The van der Waals surface area contributed by atoms with E-state index in [0.717, 1.165) is 35.4 Å². The molecule has 1 aliphatic heterocycles. The molecule has 1 saturated heterocycles. The summed E-state index contributed by atoms with van der Waals surface area (Å²) in [4.78, 5) is 23.6. The van der Waals surface area contributed by atoms with Gasteiger partial charge in [0.05, 0.1) is 0 Å². The van der Waals surface area contributed by atoms with Gasteiger partial charge in [-0.15, -0.1) is 0 Å². The zero-order valence-electron chi connectivity index (χ0n) is 13.4. The molecule has 0 radical (unpaired) electrons. The number of carbonyl (C=O) groups excluding carboxylic acids is 1. The van der Waals surface area contributed by atoms with Crippen LogP contribution in [0.5, 0.6) is 0 Å². The first-order chi connectivity index (χ1) is 11.8. The van der Waals surface area contributed by atoms with Gasteiger partial charge in [0, 0.05) is 55.1 Å². The summed E-state index contributed by atoms with van der Waals surface area (Å²) in [7, 11) is 0. The molecule has 0 unspecified atom stereocenters. The number of rotatable bonds is 3. The van der Waals surface area contributed by atoms with E-state index in [4.69, 9.17) is 0 Å². The van der Waals surface area contributed by atoms with Crippen LogP contribution >= 0.6 is 0 Å². The minimum Gasteiger partial charge on any atom is -0.292 e. The zero-order chi connectivity index (χ0) is 16.4. The molecule has 1 saturated carbocycles. The Morgan fingerprint density at radius 1 is 0.917 bits per heavy atom. The molecule has 4 nitrogen and oxygen atoms in total. The molecule has 0 aromatic carbocycles. The predicted molar refractivity (Wildman–Crippen MR) is 94.0 cm³/mol. The molecular weight excluding hydrogens is 298 g/mol. The predicted octanol–water partition coefficient (Wildman–Crippen LogP) is 2.99. The molecule has 2 aromatic rings. The number of likely N-dealkylation sites (tertiary alicyclic amines) is 1. The maximum absolute atomic E-state index is 12.9. The summed E-state index contributed by atoms with van der Waals surface area (Å²) in [5.41, 5.74) is 3.63. The zero-order valence-corrected chi connectivity index (χ0v) is 13.4. The lowest BCUT2D eigenvalue weighted by Crippen LogP contribution is -2.39. The van der Waals surface area contributed by atoms with Crippen LogP contribution in [0.25, 0.3) is 12.2 Å². The second-order valence-electron chi connectivity index (χ2n) is 6.38. The highest BCUT2D eigenvalue weighted by Crippen LogP contribution is 2.32. The SMILES string of the molecule is O=C1C(=Cc2cccnc2)CN(C2CC2)CC1=Cc1cccnc1. The van der Waals surface area contributed by atoms with Crippen LogP contribution in [0.1, 0.15) is 24.0 Å². The molecule has 2 aromatic heterocycles. The van der Waals surface area contributed by atoms with Gasteiger partial charge < -0.3 is 0 Å². The van der Waals surface area contributed by atoms with E-state index in [-0.39, 0.29) is 5.78 Å². The fraction of sp³-hybridized carbons (Fsp3) is 0.250. The Kier molecular flexibility index (Phi) is 4.05. The van der Waals surface area contributed by atoms with Crippen LogP contribution in [0.3, 0.4) is 0 Å². The van der Waals surface area contributed by atoms with Gasteiger partial charge in [0.25, 0.3) is 0 Å². The van der Waals surface area contributed by atoms with Gasteiger partial charge in [-0.05, 0) is 48.3 Å². The highest BCUT2D eigenvalue weighted by molar-refractivity contribution is 6.14. The first-order valence-corrected chi connectivity index (χ1v) is 8.29. The van der Waals surface area contributed by atoms with Crippen molar-refractivity contribution in [1.82, 2.24) is 14.9 Å². The summed E-state index contributed by atoms with van der Waals surface area (Å²) in [6.07, 6.45) is 13.5. The topological polar surface area (TPSA) is 46.1 Å². The molecule has 24 heavy (non-hydrogen) atoms. The molecule has 1 aliphatic carbocycles. The molecule has 0 atom stereocenters. The Balaban J connectivity index is 1.68. The van der Waals surface area contributed by atoms with Crippen LogP contribution in [-0.2, 0) is 4.79 Å². The van der Waals surface area contributed by atoms with Crippen molar-refractivity contribution in [3.05, 3.63) is 71.3 Å². The van der Waals surface area contributed by atoms with E-state index in [1.54, 1.807) is 24.8 Å². The number of carbonyl (C=O) groups is 1. The van der Waals surface area contributed by atoms with Gasteiger partial charge in [0.2, 0.25) is 0 Å². The summed E-state index contributed by atoms with van der Waals surface area (Å²) in [5.74, 6) is 0.139. The number of hydrogen-bond donors (Lipinski definition) is 0. The van der Waals surface area contributed by atoms with E-state index in [1.807, 2.05) is 36.4 Å². The van der Waals surface area contributed by atoms with Gasteiger partial charge >= 0.3 is 0 Å². The molecule has 4 heteroatoms. The summed E-state index contributed by atoms with van der Waals surface area (Å²) >= 11 is 0. The highest BCUT2D eigenvalue weighted by Gasteiger charge is 2.35. The molecule has 0 amide bonds. The van der Waals surface area contributed by atoms with Crippen molar-refractivity contribution in [3.63, 3.8) is 0 Å². The first-order valence-electron chi connectivity index (χ1n) is 8.29. The van der Waals surface area contributed by atoms with Gasteiger partial charge in [-0.25, -0.2) is 0 Å². The quantitative estimate of drug-likeness (QED) is 0.817. The number of aromatic nitrogens is 2. The van der Waals surface area contributed by atoms with Crippen LogP contribution in [0.2, 0.25) is 0 Å². The molecular formula is C20H19N3O. The Labute approximate surface area is 141 Å². The Bertz CT molecular complexity index is 731. The van der Waals surface area contributed by atoms with Crippen molar-refractivity contribution in [1.29, 1.82) is 0 Å². The fourth-order valence-corrected chi connectivity index (χ4v) is 3.09. The minimum absolute atomic E-state index is 0.139. The molecule has 4 rings (SSSR count). The van der Waals surface area contributed by atoms with Gasteiger partial charge in [-0.1, -0.05) is 12.1 Å². The van der Waals surface area contributed by atoms with Gasteiger partial charge in [0.15, 0.2) is 5.78 Å². The van der Waals surface area contributed by atoms with E-state index in [9.17, 15) is 4.79 Å². The average molecular weight is 317 g/mol. The average Bonchev–Trinajstić information content (AvgIpc) is 3.45. The smallest absolute Gasteiger partial charge is 0.187 e. The largest absolute Gasteiger partial charge is 0.292 e. The monoisotopic (exact) mass is 317 g/mol. The van der Waals surface area contributed by atoms with Crippen molar-refractivity contribution in [2.24, 2.45) is 0 Å². The Morgan fingerprint density at radius 3 is 1.88 bits per heavy atom. The van der Waals surface area contributed by atoms with E-state index in [1.165, 1.54) is 12.8 Å². The van der Waals surface area contributed by atoms with Gasteiger partial charge in [-0.3, -0.25) is 19.7 Å². The third kappa shape index (κ3) is 3.34. The van der Waals surface area contributed by atoms with Gasteiger partial charge in [0.1, 0.15) is 0 Å². The van der Waals surface area contributed by atoms with Crippen LogP contribution in [0, 0.1) is 0 Å². The van der Waals surface area contributed by atoms with Crippen LogP contribution in [-0.4, -0.2) is 39.8 Å². The molecule has 0 N–H and O–H groups in total. The minimum atomic E-state index is 0.139. The standard InChI is InChI=1S/C20H19N3O/c24-20-17(9-15-3-1-7-21-11-15)13-23(19-5-6-19)14-18(20)10-16-4-2-8-22-12-16/h1-4,7-12,19H,5-6,13-14H2. The van der Waals surface area contributed by atoms with E-state index in [2.05, 4.69) is 14.9 Å². The number of ketones is 1. The molecule has 120 valence electrons. The summed E-state index contributed by atoms with van der Waals surface area (Å²) < 4.78 is 0. The highest BCUT2D eigenvalue weighted by atomic mass is 16.1. The number of nitrogens with zero attached hydrogens (tertiary/aromatic N) is 3. The van der Waals surface area contributed by atoms with Crippen molar-refractivity contribution in [2.45, 2.75) is 18.9 Å². The molecule has 3 heterocycles. The lowest BCUT2D eigenvalue weighted by molar-refractivity contribution is -0.113. The molecule has 2 aliphatic rings. The Hall–Kier alpha value is -2.59. The maximum Gasteiger partial charge on any atom is 0.187 e. The lowest BCUT2D eigenvalue weighted by atomic mass is 9.94. The first kappa shape index (κ1) is 15.0. The molecule has 0 spiro atoms. The van der Waals surface area contributed by atoms with E-state index < -0.39 is 0 Å². The Morgan fingerprint density at radius 2 is 1.46 bits per heavy atom. The maximum atomic E-state index is 12.9. The van der Waals surface area contributed by atoms with E-state index in [0.29, 0.717) is 6.04 Å². The summed E-state index contributed by atoms with van der Waals surface area (Å²) in [6.45, 7) is 1.45. The van der Waals surface area contributed by atoms with Crippen LogP contribution in [0.15, 0.2) is 60.2 Å². The fourth-order valence-electron chi connectivity index (χ4n) is 3.09. The van der Waals surface area contributed by atoms with E-state index >= 15 is 0 Å². The number of piperidine rings is 1. The van der Waals surface area contributed by atoms with Crippen LogP contribution in [0.4, 0.5) is 0 Å². The second kappa shape index (κ2) is 6.49. The number of hydrogen-bond acceptors (Lipinski definition) is 4. The van der Waals surface area contributed by atoms with Crippen molar-refractivity contribution >= 4 is 17.9 Å². The lowest BCUT2D eigenvalue weighted by Gasteiger charge is -2.29. The van der Waals surface area contributed by atoms with Crippen LogP contribution < -0.4 is 0 Å². The second-order valence-corrected chi connectivity index (χ2v) is 6.38. The van der Waals surface area contributed by atoms with Crippen molar-refractivity contribution < 1.29 is 4.79 Å². The molecule has 0 bridgehead atoms. The summed E-state index contributed by atoms with van der Waals surface area (Å²) in [6, 6.07) is 8.37. The normalized spacial score (nSPS) is 22.2. The molecule has 2 fully saturated rings. The summed E-state index contributed by atoms with van der Waals surface area (Å²) in [5, 5.41) is 0. The third-order valence-corrected chi connectivity index (χ3v) is 4.44. The number of pyridine rings is 2. The third-order valence-electron chi connectivity index (χ3n) is 4.44. The van der Waals surface area contributed by atoms with Gasteiger partial charge in [-0.2, -0.15) is 0 Å². The van der Waals surface area contributed by atoms with Crippen molar-refractivity contribution in [3.8, 4) is 0 Å².